The Morgan fingerprint density at radius 1 is 1.47 bits per heavy atom. The first-order chi connectivity index (χ1) is 7.13. The van der Waals surface area contributed by atoms with E-state index in [-0.39, 0.29) is 0 Å². The first kappa shape index (κ1) is 11.8. The second-order valence-corrected chi connectivity index (χ2v) is 3.85. The van der Waals surface area contributed by atoms with Gasteiger partial charge in [-0.1, -0.05) is 32.0 Å². The van der Waals surface area contributed by atoms with E-state index in [0.717, 1.165) is 12.0 Å². The van der Waals surface area contributed by atoms with Gasteiger partial charge in [0, 0.05) is 12.4 Å². The van der Waals surface area contributed by atoms with E-state index in [1.165, 1.54) is 0 Å². The summed E-state index contributed by atoms with van der Waals surface area (Å²) in [6.45, 7) is 4.21. The molecule has 3 nitrogen and oxygen atoms in total. The van der Waals surface area contributed by atoms with Crippen molar-refractivity contribution in [1.82, 2.24) is 0 Å². The van der Waals surface area contributed by atoms with E-state index in [1.54, 1.807) is 6.07 Å². The number of rotatable bonds is 3. The molecule has 0 unspecified atom stereocenters. The van der Waals surface area contributed by atoms with E-state index in [9.17, 15) is 4.79 Å². The molecule has 1 amide bonds. The molecule has 1 aromatic rings. The van der Waals surface area contributed by atoms with Crippen molar-refractivity contribution in [2.45, 2.75) is 20.3 Å². The van der Waals surface area contributed by atoms with Gasteiger partial charge >= 0.3 is 6.09 Å². The molecule has 0 saturated carbocycles. The molecule has 0 spiro atoms. The van der Waals surface area contributed by atoms with Crippen LogP contribution >= 0.6 is 0 Å². The molecule has 0 aliphatic rings. The molecule has 0 heterocycles. The van der Waals surface area contributed by atoms with Gasteiger partial charge in [-0.05, 0) is 24.0 Å². The van der Waals surface area contributed by atoms with Crippen molar-refractivity contribution in [3.63, 3.8) is 0 Å². The Morgan fingerprint density at radius 3 is 2.73 bits per heavy atom. The monoisotopic (exact) mass is 223 g/mol. The molecule has 80 valence electrons. The molecule has 0 saturated heterocycles. The summed E-state index contributed by atoms with van der Waals surface area (Å²) in [7, 11) is 0. The standard InChI is InChI=1S/C11H13NO2S/c1-8(2)7-9-5-3-4-6-10(9)14-11(13)12-15/h3-6,8H,7H2,1-2H3. The van der Waals surface area contributed by atoms with Gasteiger partial charge in [-0.2, -0.15) is 0 Å². The molecule has 4 heteroatoms. The van der Waals surface area contributed by atoms with Gasteiger partial charge in [0.05, 0.1) is 0 Å². The molecular formula is C11H13NO2S. The predicted octanol–water partition coefficient (Wildman–Crippen LogP) is 3.11. The van der Waals surface area contributed by atoms with Gasteiger partial charge in [0.25, 0.3) is 0 Å². The minimum absolute atomic E-state index is 0.505. The number of amides is 1. The van der Waals surface area contributed by atoms with Crippen molar-refractivity contribution in [2.24, 2.45) is 10.3 Å². The predicted molar refractivity (Wildman–Crippen MR) is 60.8 cm³/mol. The third kappa shape index (κ3) is 3.75. The van der Waals surface area contributed by atoms with Crippen molar-refractivity contribution < 1.29 is 9.53 Å². The Labute approximate surface area is 94.6 Å². The van der Waals surface area contributed by atoms with Gasteiger partial charge in [0.15, 0.2) is 0 Å². The highest BCUT2D eigenvalue weighted by molar-refractivity contribution is 7.47. The summed E-state index contributed by atoms with van der Waals surface area (Å²) in [5.74, 6) is 1.05. The third-order valence-corrected chi connectivity index (χ3v) is 2.02. The highest BCUT2D eigenvalue weighted by Gasteiger charge is 2.08. The lowest BCUT2D eigenvalue weighted by atomic mass is 10.0. The van der Waals surface area contributed by atoms with E-state index in [0.29, 0.717) is 11.7 Å². The molecule has 1 rings (SSSR count). The van der Waals surface area contributed by atoms with Gasteiger partial charge in [-0.25, -0.2) is 4.79 Å². The van der Waals surface area contributed by atoms with Crippen LogP contribution in [0.3, 0.4) is 0 Å². The number of hydrogen-bond donors (Lipinski definition) is 0. The van der Waals surface area contributed by atoms with Crippen LogP contribution in [-0.4, -0.2) is 6.09 Å². The fraction of sp³-hybridized carbons (Fsp3) is 0.364. The second-order valence-electron chi connectivity index (χ2n) is 3.66. The zero-order valence-electron chi connectivity index (χ0n) is 8.77. The largest absolute Gasteiger partial charge is 0.450 e. The summed E-state index contributed by atoms with van der Waals surface area (Å²) in [6.07, 6.45) is 0.127. The zero-order valence-corrected chi connectivity index (χ0v) is 9.58. The van der Waals surface area contributed by atoms with Crippen LogP contribution in [0.5, 0.6) is 5.75 Å². The number of hydrogen-bond acceptors (Lipinski definition) is 3. The average Bonchev–Trinajstić information content (AvgIpc) is 2.20. The van der Waals surface area contributed by atoms with Gasteiger partial charge in [0.1, 0.15) is 5.75 Å². The fourth-order valence-electron chi connectivity index (χ4n) is 1.32. The topological polar surface area (TPSA) is 38.7 Å². The molecule has 0 atom stereocenters. The van der Waals surface area contributed by atoms with E-state index in [2.05, 4.69) is 30.6 Å². The van der Waals surface area contributed by atoms with Crippen molar-refractivity contribution in [1.29, 1.82) is 0 Å². The summed E-state index contributed by atoms with van der Waals surface area (Å²) < 4.78 is 8.01. The van der Waals surface area contributed by atoms with E-state index in [4.69, 9.17) is 4.74 Å². The van der Waals surface area contributed by atoms with Crippen LogP contribution in [-0.2, 0) is 18.8 Å². The number of nitrogens with zero attached hydrogens (tertiary/aromatic N) is 1. The molecule has 1 aromatic carbocycles. The van der Waals surface area contributed by atoms with E-state index in [1.807, 2.05) is 18.2 Å². The van der Waals surface area contributed by atoms with Crippen LogP contribution in [0.25, 0.3) is 0 Å². The van der Waals surface area contributed by atoms with Crippen molar-refractivity contribution in [3.8, 4) is 5.75 Å². The Balaban J connectivity index is 2.85. The quantitative estimate of drug-likeness (QED) is 0.790. The highest BCUT2D eigenvalue weighted by atomic mass is 32.1. The molecule has 0 aliphatic heterocycles. The first-order valence-electron chi connectivity index (χ1n) is 4.76. The zero-order chi connectivity index (χ0) is 11.3. The Hall–Kier alpha value is -1.29. The maximum atomic E-state index is 10.9. The minimum atomic E-state index is -0.735. The van der Waals surface area contributed by atoms with Gasteiger partial charge in [-0.15, -0.1) is 4.36 Å². The summed E-state index contributed by atoms with van der Waals surface area (Å²) in [5, 5.41) is 0. The molecule has 0 aromatic heterocycles. The molecular weight excluding hydrogens is 210 g/mol. The lowest BCUT2D eigenvalue weighted by Gasteiger charge is -2.09. The Bertz CT molecular complexity index is 363. The van der Waals surface area contributed by atoms with E-state index >= 15 is 0 Å². The molecule has 0 radical (unpaired) electrons. The molecule has 0 fully saturated rings. The molecule has 15 heavy (non-hydrogen) atoms. The van der Waals surface area contributed by atoms with Crippen LogP contribution in [0, 0.1) is 5.92 Å². The van der Waals surface area contributed by atoms with Crippen LogP contribution in [0.15, 0.2) is 28.6 Å². The number of ether oxygens (including phenoxy) is 1. The summed E-state index contributed by atoms with van der Waals surface area (Å²) >= 11 is 4.26. The van der Waals surface area contributed by atoms with Crippen LogP contribution in [0.2, 0.25) is 0 Å². The van der Waals surface area contributed by atoms with Crippen molar-refractivity contribution >= 4 is 18.5 Å². The second kappa shape index (κ2) is 5.56. The SMILES string of the molecule is CC(C)Cc1ccccc1OC(=O)N=S. The van der Waals surface area contributed by atoms with Crippen LogP contribution in [0.4, 0.5) is 4.79 Å². The maximum absolute atomic E-state index is 10.9. The lowest BCUT2D eigenvalue weighted by molar-refractivity contribution is 0.211. The van der Waals surface area contributed by atoms with Crippen LogP contribution < -0.4 is 4.74 Å². The summed E-state index contributed by atoms with van der Waals surface area (Å²) in [6, 6.07) is 7.41. The number of carbonyl (C=O) groups excluding carboxylic acids is 1. The maximum Gasteiger partial charge on any atom is 0.450 e. The van der Waals surface area contributed by atoms with Gasteiger partial charge in [-0.3, -0.25) is 0 Å². The molecule has 0 aliphatic carbocycles. The summed E-state index contributed by atoms with van der Waals surface area (Å²) in [4.78, 5) is 10.9. The Kier molecular flexibility index (Phi) is 4.37. The summed E-state index contributed by atoms with van der Waals surface area (Å²) in [5.41, 5.74) is 1.000. The Morgan fingerprint density at radius 2 is 2.13 bits per heavy atom. The number of benzene rings is 1. The number of carbonyl (C=O) groups is 1. The fourth-order valence-corrected chi connectivity index (χ4v) is 1.36. The van der Waals surface area contributed by atoms with Crippen molar-refractivity contribution in [2.75, 3.05) is 0 Å². The third-order valence-electron chi connectivity index (χ3n) is 1.87. The smallest absolute Gasteiger partial charge is 0.408 e. The highest BCUT2D eigenvalue weighted by Crippen LogP contribution is 2.21. The minimum Gasteiger partial charge on any atom is -0.408 e. The first-order valence-corrected chi connectivity index (χ1v) is 5.13. The van der Waals surface area contributed by atoms with Gasteiger partial charge in [0.2, 0.25) is 0 Å². The number of para-hydroxylation sites is 1. The van der Waals surface area contributed by atoms with Crippen molar-refractivity contribution in [3.05, 3.63) is 29.8 Å². The van der Waals surface area contributed by atoms with Gasteiger partial charge < -0.3 is 4.74 Å². The normalized spacial score (nSPS) is 10.1. The van der Waals surface area contributed by atoms with E-state index < -0.39 is 6.09 Å². The van der Waals surface area contributed by atoms with Crippen LogP contribution in [0.1, 0.15) is 19.4 Å². The average molecular weight is 223 g/mol. The molecule has 0 N–H and O–H groups in total. The lowest BCUT2D eigenvalue weighted by Crippen LogP contribution is -2.04. The molecule has 0 bridgehead atoms.